The van der Waals surface area contributed by atoms with E-state index in [9.17, 15) is 4.79 Å². The first kappa shape index (κ1) is 10.5. The molecule has 2 saturated carbocycles. The van der Waals surface area contributed by atoms with E-state index in [1.165, 1.54) is 19.3 Å². The molecule has 2 fully saturated rings. The predicted molar refractivity (Wildman–Crippen MR) is 56.8 cm³/mol. The number of nitriles is 1. The second-order valence-corrected chi connectivity index (χ2v) is 5.07. The van der Waals surface area contributed by atoms with Gasteiger partial charge in [-0.2, -0.15) is 5.26 Å². The summed E-state index contributed by atoms with van der Waals surface area (Å²) in [6.07, 6.45) is 4.36. The van der Waals surface area contributed by atoms with E-state index in [1.54, 1.807) is 6.92 Å². The molecule has 0 saturated heterocycles. The molecule has 0 bridgehead atoms. The predicted octanol–water partition coefficient (Wildman–Crippen LogP) is 1.84. The Labute approximate surface area is 90.8 Å². The van der Waals surface area contributed by atoms with Crippen LogP contribution in [0.3, 0.4) is 0 Å². The highest BCUT2D eigenvalue weighted by atomic mass is 16.2. The third kappa shape index (κ3) is 1.73. The number of carbonyl (C=O) groups excluding carboxylic acids is 1. The zero-order valence-corrected chi connectivity index (χ0v) is 9.42. The van der Waals surface area contributed by atoms with Crippen LogP contribution in [0.15, 0.2) is 0 Å². The SMILES string of the molecule is CCC(C)(C#N)NC(=O)C1C2CCCC21. The Kier molecular flexibility index (Phi) is 2.46. The second-order valence-electron chi connectivity index (χ2n) is 5.07. The summed E-state index contributed by atoms with van der Waals surface area (Å²) in [6.45, 7) is 3.72. The minimum Gasteiger partial charge on any atom is -0.338 e. The lowest BCUT2D eigenvalue weighted by atomic mass is 10.00. The van der Waals surface area contributed by atoms with Gasteiger partial charge in [-0.15, -0.1) is 0 Å². The van der Waals surface area contributed by atoms with E-state index in [0.29, 0.717) is 18.3 Å². The molecule has 0 aliphatic heterocycles. The van der Waals surface area contributed by atoms with Crippen molar-refractivity contribution in [2.24, 2.45) is 17.8 Å². The summed E-state index contributed by atoms with van der Waals surface area (Å²) in [7, 11) is 0. The highest BCUT2D eigenvalue weighted by molar-refractivity contribution is 5.83. The molecule has 0 aromatic carbocycles. The Morgan fingerprint density at radius 2 is 2.13 bits per heavy atom. The Morgan fingerprint density at radius 1 is 1.53 bits per heavy atom. The molecule has 0 spiro atoms. The first-order valence-electron chi connectivity index (χ1n) is 5.84. The topological polar surface area (TPSA) is 52.9 Å². The number of rotatable bonds is 3. The first-order chi connectivity index (χ1) is 7.11. The van der Waals surface area contributed by atoms with Crippen molar-refractivity contribution in [3.8, 4) is 6.07 Å². The molecule has 2 rings (SSSR count). The lowest BCUT2D eigenvalue weighted by molar-refractivity contribution is -0.124. The van der Waals surface area contributed by atoms with Crippen LogP contribution < -0.4 is 5.32 Å². The van der Waals surface area contributed by atoms with E-state index < -0.39 is 5.54 Å². The minimum absolute atomic E-state index is 0.107. The van der Waals surface area contributed by atoms with Gasteiger partial charge in [0.1, 0.15) is 5.54 Å². The Balaban J connectivity index is 1.91. The normalized spacial score (nSPS) is 36.2. The van der Waals surface area contributed by atoms with Crippen LogP contribution >= 0.6 is 0 Å². The van der Waals surface area contributed by atoms with Gasteiger partial charge < -0.3 is 5.32 Å². The van der Waals surface area contributed by atoms with Crippen molar-refractivity contribution in [2.75, 3.05) is 0 Å². The third-order valence-corrected chi connectivity index (χ3v) is 4.06. The van der Waals surface area contributed by atoms with E-state index in [4.69, 9.17) is 5.26 Å². The molecule has 2 aliphatic carbocycles. The number of carbonyl (C=O) groups is 1. The van der Waals surface area contributed by atoms with Gasteiger partial charge in [-0.3, -0.25) is 4.79 Å². The fourth-order valence-electron chi connectivity index (χ4n) is 2.76. The monoisotopic (exact) mass is 206 g/mol. The number of hydrogen-bond acceptors (Lipinski definition) is 2. The van der Waals surface area contributed by atoms with Crippen molar-refractivity contribution >= 4 is 5.91 Å². The van der Waals surface area contributed by atoms with Gasteiger partial charge in [0.25, 0.3) is 0 Å². The van der Waals surface area contributed by atoms with Gasteiger partial charge in [0, 0.05) is 5.92 Å². The fourth-order valence-corrected chi connectivity index (χ4v) is 2.76. The maximum Gasteiger partial charge on any atom is 0.224 e. The molecule has 3 heteroatoms. The van der Waals surface area contributed by atoms with Crippen molar-refractivity contribution in [3.63, 3.8) is 0 Å². The lowest BCUT2D eigenvalue weighted by Gasteiger charge is -2.21. The molecule has 0 aromatic heterocycles. The average Bonchev–Trinajstić information content (AvgIpc) is 2.73. The van der Waals surface area contributed by atoms with Gasteiger partial charge in [-0.25, -0.2) is 0 Å². The van der Waals surface area contributed by atoms with Crippen molar-refractivity contribution in [1.29, 1.82) is 5.26 Å². The Hall–Kier alpha value is -1.04. The summed E-state index contributed by atoms with van der Waals surface area (Å²) in [5.41, 5.74) is -0.673. The second kappa shape index (κ2) is 3.52. The summed E-state index contributed by atoms with van der Waals surface area (Å²) in [5, 5.41) is 11.9. The molecular weight excluding hydrogens is 188 g/mol. The van der Waals surface area contributed by atoms with E-state index in [2.05, 4.69) is 11.4 Å². The van der Waals surface area contributed by atoms with E-state index in [1.807, 2.05) is 6.92 Å². The fraction of sp³-hybridized carbons (Fsp3) is 0.833. The van der Waals surface area contributed by atoms with Gasteiger partial charge in [0.2, 0.25) is 5.91 Å². The number of fused-ring (bicyclic) bond motifs is 1. The molecule has 15 heavy (non-hydrogen) atoms. The van der Waals surface area contributed by atoms with E-state index in [-0.39, 0.29) is 11.8 Å². The number of nitrogens with zero attached hydrogens (tertiary/aromatic N) is 1. The van der Waals surface area contributed by atoms with Gasteiger partial charge in [0.05, 0.1) is 6.07 Å². The van der Waals surface area contributed by atoms with E-state index >= 15 is 0 Å². The zero-order valence-electron chi connectivity index (χ0n) is 9.42. The molecule has 0 heterocycles. The molecule has 3 nitrogen and oxygen atoms in total. The lowest BCUT2D eigenvalue weighted by Crippen LogP contribution is -2.45. The highest BCUT2D eigenvalue weighted by Gasteiger charge is 2.57. The van der Waals surface area contributed by atoms with Gasteiger partial charge in [0.15, 0.2) is 0 Å². The Bertz CT molecular complexity index is 310. The minimum atomic E-state index is -0.673. The summed E-state index contributed by atoms with van der Waals surface area (Å²) in [4.78, 5) is 11.9. The van der Waals surface area contributed by atoms with Gasteiger partial charge in [-0.1, -0.05) is 13.3 Å². The van der Waals surface area contributed by atoms with Gasteiger partial charge in [-0.05, 0) is 38.0 Å². The number of nitrogens with one attached hydrogen (secondary N) is 1. The van der Waals surface area contributed by atoms with Crippen molar-refractivity contribution < 1.29 is 4.79 Å². The van der Waals surface area contributed by atoms with Crippen LogP contribution in [-0.4, -0.2) is 11.4 Å². The highest BCUT2D eigenvalue weighted by Crippen LogP contribution is 2.57. The van der Waals surface area contributed by atoms with Crippen LogP contribution in [0.1, 0.15) is 39.5 Å². The molecule has 0 radical (unpaired) electrons. The van der Waals surface area contributed by atoms with Crippen LogP contribution in [-0.2, 0) is 4.79 Å². The van der Waals surface area contributed by atoms with E-state index in [0.717, 1.165) is 0 Å². The molecule has 1 amide bonds. The largest absolute Gasteiger partial charge is 0.338 e. The third-order valence-electron chi connectivity index (χ3n) is 4.06. The van der Waals surface area contributed by atoms with Crippen LogP contribution in [0, 0.1) is 29.1 Å². The summed E-state index contributed by atoms with van der Waals surface area (Å²) < 4.78 is 0. The molecule has 3 unspecified atom stereocenters. The van der Waals surface area contributed by atoms with Gasteiger partial charge >= 0.3 is 0 Å². The van der Waals surface area contributed by atoms with Crippen molar-refractivity contribution in [1.82, 2.24) is 5.32 Å². The Morgan fingerprint density at radius 3 is 2.60 bits per heavy atom. The first-order valence-corrected chi connectivity index (χ1v) is 5.84. The van der Waals surface area contributed by atoms with Crippen molar-refractivity contribution in [3.05, 3.63) is 0 Å². The zero-order chi connectivity index (χ0) is 11.1. The molecular formula is C12H18N2O. The summed E-state index contributed by atoms with van der Waals surface area (Å²) in [5.74, 6) is 1.59. The maximum atomic E-state index is 11.9. The molecule has 3 atom stereocenters. The molecule has 0 aromatic rings. The van der Waals surface area contributed by atoms with Crippen molar-refractivity contribution in [2.45, 2.75) is 45.1 Å². The smallest absolute Gasteiger partial charge is 0.224 e. The van der Waals surface area contributed by atoms with Crippen LogP contribution in [0.25, 0.3) is 0 Å². The number of hydrogen-bond donors (Lipinski definition) is 1. The van der Waals surface area contributed by atoms with Crippen LogP contribution in [0.2, 0.25) is 0 Å². The van der Waals surface area contributed by atoms with Crippen LogP contribution in [0.5, 0.6) is 0 Å². The molecule has 82 valence electrons. The molecule has 1 N–H and O–H groups in total. The van der Waals surface area contributed by atoms with Crippen LogP contribution in [0.4, 0.5) is 0 Å². The standard InChI is InChI=1S/C12H18N2O/c1-3-12(2,7-13)14-11(15)10-8-5-4-6-9(8)10/h8-10H,3-6H2,1-2H3,(H,14,15). The maximum absolute atomic E-state index is 11.9. The quantitative estimate of drug-likeness (QED) is 0.766. The number of amides is 1. The average molecular weight is 206 g/mol. The summed E-state index contributed by atoms with van der Waals surface area (Å²) >= 11 is 0. The summed E-state index contributed by atoms with van der Waals surface area (Å²) in [6, 6.07) is 2.18. The molecule has 2 aliphatic rings.